The first-order chi connectivity index (χ1) is 13.8. The van der Waals surface area contributed by atoms with Gasteiger partial charge >= 0.3 is 0 Å². The van der Waals surface area contributed by atoms with Gasteiger partial charge in [-0.15, -0.1) is 0 Å². The number of hydrogen-bond acceptors (Lipinski definition) is 4. The van der Waals surface area contributed by atoms with Crippen molar-refractivity contribution in [3.05, 3.63) is 64.4 Å². The molecule has 0 saturated carbocycles. The summed E-state index contributed by atoms with van der Waals surface area (Å²) in [6, 6.07) is 10.8. The molecule has 0 saturated heterocycles. The van der Waals surface area contributed by atoms with Gasteiger partial charge < -0.3 is 25.4 Å². The van der Waals surface area contributed by atoms with Crippen LogP contribution in [0.5, 0.6) is 11.5 Å². The lowest BCUT2D eigenvalue weighted by Crippen LogP contribution is -2.45. The number of aryl methyl sites for hydroxylation is 2. The summed E-state index contributed by atoms with van der Waals surface area (Å²) in [4.78, 5) is 13.3. The Labute approximate surface area is 176 Å². The highest BCUT2D eigenvalue weighted by molar-refractivity contribution is 7.80. The van der Waals surface area contributed by atoms with E-state index in [9.17, 15) is 4.79 Å². The third-order valence-electron chi connectivity index (χ3n) is 5.03. The number of benzene rings is 2. The molecule has 2 aromatic rings. The maximum Gasteiger partial charge on any atom is 0.255 e. The summed E-state index contributed by atoms with van der Waals surface area (Å²) in [5.41, 5.74) is 5.00. The van der Waals surface area contributed by atoms with Gasteiger partial charge in [-0.25, -0.2) is 0 Å². The Morgan fingerprint density at radius 2 is 1.79 bits per heavy atom. The van der Waals surface area contributed by atoms with Gasteiger partial charge in [-0.05, 0) is 74.4 Å². The second kappa shape index (κ2) is 8.53. The van der Waals surface area contributed by atoms with E-state index in [2.05, 4.69) is 16.0 Å². The molecular formula is C22H25N3O3S. The van der Waals surface area contributed by atoms with Gasteiger partial charge in [-0.1, -0.05) is 6.07 Å². The van der Waals surface area contributed by atoms with Crippen LogP contribution in [0.2, 0.25) is 0 Å². The molecule has 0 unspecified atom stereocenters. The zero-order valence-corrected chi connectivity index (χ0v) is 18.0. The number of carbonyl (C=O) groups is 1. The van der Waals surface area contributed by atoms with Crippen LogP contribution < -0.4 is 25.4 Å². The predicted octanol–water partition coefficient (Wildman–Crippen LogP) is 3.75. The van der Waals surface area contributed by atoms with E-state index in [4.69, 9.17) is 21.7 Å². The van der Waals surface area contributed by atoms with E-state index in [1.54, 1.807) is 14.2 Å². The fourth-order valence-electron chi connectivity index (χ4n) is 3.31. The zero-order chi connectivity index (χ0) is 21.1. The first-order valence-electron chi connectivity index (χ1n) is 9.23. The van der Waals surface area contributed by atoms with Gasteiger partial charge in [-0.3, -0.25) is 4.79 Å². The second-order valence-electron chi connectivity index (χ2n) is 6.93. The topological polar surface area (TPSA) is 71.6 Å². The molecule has 3 N–H and O–H groups in total. The molecule has 1 amide bonds. The van der Waals surface area contributed by atoms with Crippen molar-refractivity contribution < 1.29 is 14.3 Å². The summed E-state index contributed by atoms with van der Waals surface area (Å²) in [5.74, 6) is 1.08. The molecule has 1 atom stereocenters. The van der Waals surface area contributed by atoms with E-state index in [0.717, 1.165) is 16.8 Å². The maximum atomic E-state index is 13.3. The van der Waals surface area contributed by atoms with Crippen molar-refractivity contribution in [3.63, 3.8) is 0 Å². The number of hydrogen-bond donors (Lipinski definition) is 3. The Bertz CT molecular complexity index is 1000. The third kappa shape index (κ3) is 4.35. The van der Waals surface area contributed by atoms with E-state index < -0.39 is 6.04 Å². The summed E-state index contributed by atoms with van der Waals surface area (Å²) >= 11 is 5.34. The van der Waals surface area contributed by atoms with E-state index in [0.29, 0.717) is 27.9 Å². The molecule has 0 spiro atoms. The molecule has 6 nitrogen and oxygen atoms in total. The van der Waals surface area contributed by atoms with Crippen molar-refractivity contribution in [3.8, 4) is 11.5 Å². The van der Waals surface area contributed by atoms with Crippen LogP contribution in [0.1, 0.15) is 29.7 Å². The number of allylic oxidation sites excluding steroid dienone is 1. The highest BCUT2D eigenvalue weighted by Gasteiger charge is 2.32. The van der Waals surface area contributed by atoms with Gasteiger partial charge in [0.2, 0.25) is 0 Å². The quantitative estimate of drug-likeness (QED) is 0.651. The fourth-order valence-corrected chi connectivity index (χ4v) is 3.58. The van der Waals surface area contributed by atoms with Crippen LogP contribution in [0.3, 0.4) is 0 Å². The summed E-state index contributed by atoms with van der Waals surface area (Å²) in [7, 11) is 3.19. The van der Waals surface area contributed by atoms with Crippen LogP contribution in [0.25, 0.3) is 0 Å². The lowest BCUT2D eigenvalue weighted by molar-refractivity contribution is -0.113. The predicted molar refractivity (Wildman–Crippen MR) is 118 cm³/mol. The lowest BCUT2D eigenvalue weighted by atomic mass is 9.93. The van der Waals surface area contributed by atoms with Crippen LogP contribution in [-0.4, -0.2) is 25.2 Å². The van der Waals surface area contributed by atoms with Crippen molar-refractivity contribution in [2.45, 2.75) is 26.8 Å². The van der Waals surface area contributed by atoms with Crippen LogP contribution in [-0.2, 0) is 4.79 Å². The standard InChI is InChI=1S/C22H25N3O3S/c1-12-6-7-15(10-13(12)2)24-21(26)19-14(3)23-22(29)25-20(19)17-11-16(27-4)8-9-18(17)28-5/h6-11,20H,1-5H3,(H,24,26)(H2,23,25,29)/t20-/m1/s1. The Morgan fingerprint density at radius 1 is 1.03 bits per heavy atom. The first-order valence-corrected chi connectivity index (χ1v) is 9.63. The number of ether oxygens (including phenoxy) is 2. The first kappa shape index (κ1) is 20.7. The number of anilines is 1. The molecule has 0 radical (unpaired) electrons. The van der Waals surface area contributed by atoms with Crippen LogP contribution in [0.4, 0.5) is 5.69 Å². The molecule has 1 aliphatic heterocycles. The van der Waals surface area contributed by atoms with Crippen molar-refractivity contribution in [2.75, 3.05) is 19.5 Å². The third-order valence-corrected chi connectivity index (χ3v) is 5.25. The molecule has 0 fully saturated rings. The van der Waals surface area contributed by atoms with Gasteiger partial charge in [-0.2, -0.15) is 0 Å². The zero-order valence-electron chi connectivity index (χ0n) is 17.2. The molecule has 1 heterocycles. The van der Waals surface area contributed by atoms with Gasteiger partial charge in [0.15, 0.2) is 5.11 Å². The average molecular weight is 412 g/mol. The van der Waals surface area contributed by atoms with Crippen molar-refractivity contribution in [1.29, 1.82) is 0 Å². The van der Waals surface area contributed by atoms with Crippen molar-refractivity contribution >= 4 is 28.9 Å². The second-order valence-corrected chi connectivity index (χ2v) is 7.34. The van der Waals surface area contributed by atoms with E-state index in [1.807, 2.05) is 57.2 Å². The largest absolute Gasteiger partial charge is 0.497 e. The monoisotopic (exact) mass is 411 g/mol. The number of nitrogens with one attached hydrogen (secondary N) is 3. The van der Waals surface area contributed by atoms with Crippen molar-refractivity contribution in [2.24, 2.45) is 0 Å². The van der Waals surface area contributed by atoms with E-state index in [-0.39, 0.29) is 5.91 Å². The van der Waals surface area contributed by atoms with Gasteiger partial charge in [0.1, 0.15) is 11.5 Å². The minimum atomic E-state index is -0.486. The van der Waals surface area contributed by atoms with Gasteiger partial charge in [0, 0.05) is 16.9 Å². The smallest absolute Gasteiger partial charge is 0.255 e. The highest BCUT2D eigenvalue weighted by Crippen LogP contribution is 2.36. The molecule has 0 aliphatic carbocycles. The molecule has 152 valence electrons. The molecule has 0 bridgehead atoms. The minimum Gasteiger partial charge on any atom is -0.497 e. The van der Waals surface area contributed by atoms with Crippen molar-refractivity contribution in [1.82, 2.24) is 10.6 Å². The highest BCUT2D eigenvalue weighted by atomic mass is 32.1. The molecule has 7 heteroatoms. The molecule has 0 aromatic heterocycles. The summed E-state index contributed by atoms with van der Waals surface area (Å²) < 4.78 is 10.9. The SMILES string of the molecule is COc1ccc(OC)c([C@H]2NC(=S)NC(C)=C2C(=O)Nc2ccc(C)c(C)c2)c1. The number of amides is 1. The molecular weight excluding hydrogens is 386 g/mol. The molecule has 3 rings (SSSR count). The Kier molecular flexibility index (Phi) is 6.08. The average Bonchev–Trinajstić information content (AvgIpc) is 2.69. The lowest BCUT2D eigenvalue weighted by Gasteiger charge is -2.31. The van der Waals surface area contributed by atoms with Crippen LogP contribution >= 0.6 is 12.2 Å². The Morgan fingerprint density at radius 3 is 2.45 bits per heavy atom. The number of thiocarbonyl (C=S) groups is 1. The maximum absolute atomic E-state index is 13.3. The van der Waals surface area contributed by atoms with E-state index >= 15 is 0 Å². The number of carbonyl (C=O) groups excluding carboxylic acids is 1. The van der Waals surface area contributed by atoms with Gasteiger partial charge in [0.05, 0.1) is 25.8 Å². The minimum absolute atomic E-state index is 0.219. The summed E-state index contributed by atoms with van der Waals surface area (Å²) in [6.07, 6.45) is 0. The van der Waals surface area contributed by atoms with Crippen LogP contribution in [0, 0.1) is 13.8 Å². The fraction of sp³-hybridized carbons (Fsp3) is 0.273. The Hall–Kier alpha value is -3.06. The number of rotatable bonds is 5. The molecule has 2 aromatic carbocycles. The van der Waals surface area contributed by atoms with Gasteiger partial charge in [0.25, 0.3) is 5.91 Å². The summed E-state index contributed by atoms with van der Waals surface area (Å²) in [5, 5.41) is 9.68. The summed E-state index contributed by atoms with van der Waals surface area (Å²) in [6.45, 7) is 5.89. The van der Waals surface area contributed by atoms with Crippen LogP contribution in [0.15, 0.2) is 47.7 Å². The molecule has 29 heavy (non-hydrogen) atoms. The normalized spacial score (nSPS) is 16.0. The number of methoxy groups -OCH3 is 2. The Balaban J connectivity index is 2.02. The molecule has 1 aliphatic rings. The van der Waals surface area contributed by atoms with E-state index in [1.165, 1.54) is 5.56 Å².